The molecule has 0 amide bonds. The van der Waals surface area contributed by atoms with Crippen molar-refractivity contribution in [2.24, 2.45) is 0 Å². The molecule has 5 heteroatoms. The molecule has 1 unspecified atom stereocenters. The van der Waals surface area contributed by atoms with Crippen LogP contribution >= 0.6 is 0 Å². The second-order valence-electron chi connectivity index (χ2n) is 7.56. The number of sulfone groups is 1. The highest BCUT2D eigenvalue weighted by molar-refractivity contribution is 7.93. The number of aryl methyl sites for hydroxylation is 1. The van der Waals surface area contributed by atoms with E-state index in [4.69, 9.17) is 0 Å². The Hall–Kier alpha value is -1.98. The fraction of sp³-hybridized carbons (Fsp3) is 0.250. The minimum Gasteiger partial charge on any atom is -0.260 e. The lowest BCUT2D eigenvalue weighted by atomic mass is 10.1. The maximum Gasteiger partial charge on any atom is 0.184 e. The number of fused-ring (bicyclic) bond motifs is 1. The summed E-state index contributed by atoms with van der Waals surface area (Å²) in [5.74, 6) is 0. The third-order valence-electron chi connectivity index (χ3n) is 4.37. The van der Waals surface area contributed by atoms with Crippen molar-refractivity contribution in [3.8, 4) is 0 Å². The molecule has 3 nitrogen and oxygen atoms in total. The SMILES string of the molecule is Cc1ccc(S(=O)(=O)C(c2cc3ccccc3cn2)[Si](C)(C)C)cc1. The summed E-state index contributed by atoms with van der Waals surface area (Å²) in [4.78, 5) is 4.34. The van der Waals surface area contributed by atoms with Crippen LogP contribution in [0.25, 0.3) is 10.8 Å². The van der Waals surface area contributed by atoms with Gasteiger partial charge in [0.05, 0.1) is 23.5 Å². The molecule has 25 heavy (non-hydrogen) atoms. The van der Waals surface area contributed by atoms with Crippen LogP contribution in [-0.4, -0.2) is 21.5 Å². The molecule has 0 aliphatic carbocycles. The van der Waals surface area contributed by atoms with Gasteiger partial charge in [-0.3, -0.25) is 4.98 Å². The molecule has 0 N–H and O–H groups in total. The highest BCUT2D eigenvalue weighted by Gasteiger charge is 2.41. The van der Waals surface area contributed by atoms with Gasteiger partial charge in [0.1, 0.15) is 0 Å². The van der Waals surface area contributed by atoms with Gasteiger partial charge < -0.3 is 0 Å². The Morgan fingerprint density at radius 1 is 0.920 bits per heavy atom. The summed E-state index contributed by atoms with van der Waals surface area (Å²) in [6.45, 7) is 8.21. The first-order valence-electron chi connectivity index (χ1n) is 8.35. The van der Waals surface area contributed by atoms with Gasteiger partial charge in [0.25, 0.3) is 0 Å². The van der Waals surface area contributed by atoms with Gasteiger partial charge >= 0.3 is 0 Å². The van der Waals surface area contributed by atoms with Crippen LogP contribution in [0.15, 0.2) is 65.7 Å². The molecule has 0 radical (unpaired) electrons. The molecule has 3 rings (SSSR count). The molecule has 0 saturated heterocycles. The summed E-state index contributed by atoms with van der Waals surface area (Å²) in [5, 5.41) is 2.04. The van der Waals surface area contributed by atoms with E-state index >= 15 is 0 Å². The first-order valence-corrected chi connectivity index (χ1v) is 13.5. The fourth-order valence-corrected chi connectivity index (χ4v) is 9.59. The van der Waals surface area contributed by atoms with Gasteiger partial charge in [0.2, 0.25) is 0 Å². The standard InChI is InChI=1S/C20H23NO2SSi/c1-15-9-11-18(12-10-15)24(22,23)20(25(2,3)4)19-13-16-7-5-6-8-17(16)14-21-19/h5-14,20H,1-4H3. The predicted molar refractivity (Wildman–Crippen MR) is 106 cm³/mol. The van der Waals surface area contributed by atoms with Crippen LogP contribution in [-0.2, 0) is 9.84 Å². The molecular formula is C20H23NO2SSi. The summed E-state index contributed by atoms with van der Waals surface area (Å²) >= 11 is 0. The van der Waals surface area contributed by atoms with Crippen molar-refractivity contribution in [2.75, 3.05) is 0 Å². The maximum absolute atomic E-state index is 13.4. The third-order valence-corrected chi connectivity index (χ3v) is 11.1. The Balaban J connectivity index is 2.18. The summed E-state index contributed by atoms with van der Waals surface area (Å²) in [6, 6.07) is 17.0. The lowest BCUT2D eigenvalue weighted by Crippen LogP contribution is -2.37. The van der Waals surface area contributed by atoms with E-state index in [9.17, 15) is 8.42 Å². The van der Waals surface area contributed by atoms with Gasteiger partial charge in [-0.25, -0.2) is 8.42 Å². The predicted octanol–water partition coefficient (Wildman–Crippen LogP) is 4.94. The van der Waals surface area contributed by atoms with Crippen LogP contribution in [0.4, 0.5) is 0 Å². The first-order chi connectivity index (χ1) is 11.7. The van der Waals surface area contributed by atoms with Crippen molar-refractivity contribution < 1.29 is 8.42 Å². The van der Waals surface area contributed by atoms with E-state index in [2.05, 4.69) is 24.6 Å². The van der Waals surface area contributed by atoms with E-state index < -0.39 is 22.8 Å². The fourth-order valence-electron chi connectivity index (χ4n) is 3.18. The van der Waals surface area contributed by atoms with Gasteiger partial charge in [0.15, 0.2) is 9.84 Å². The third kappa shape index (κ3) is 3.53. The Labute approximate surface area is 150 Å². The number of rotatable bonds is 4. The van der Waals surface area contributed by atoms with E-state index in [1.54, 1.807) is 18.3 Å². The average molecular weight is 370 g/mol. The highest BCUT2D eigenvalue weighted by atomic mass is 32.2. The van der Waals surface area contributed by atoms with Gasteiger partial charge in [0, 0.05) is 11.6 Å². The van der Waals surface area contributed by atoms with Crippen LogP contribution in [0.3, 0.4) is 0 Å². The van der Waals surface area contributed by atoms with E-state index in [0.29, 0.717) is 10.6 Å². The largest absolute Gasteiger partial charge is 0.260 e. The first kappa shape index (κ1) is 17.8. The maximum atomic E-state index is 13.4. The Bertz CT molecular complexity index is 1010. The van der Waals surface area contributed by atoms with Crippen molar-refractivity contribution in [1.82, 2.24) is 4.98 Å². The van der Waals surface area contributed by atoms with Crippen LogP contribution in [0.5, 0.6) is 0 Å². The van der Waals surface area contributed by atoms with Crippen molar-refractivity contribution in [2.45, 2.75) is 36.3 Å². The number of hydrogen-bond acceptors (Lipinski definition) is 3. The molecule has 130 valence electrons. The zero-order valence-corrected chi connectivity index (χ0v) is 16.8. The lowest BCUT2D eigenvalue weighted by molar-refractivity contribution is 0.591. The van der Waals surface area contributed by atoms with Gasteiger partial charge in [-0.05, 0) is 30.5 Å². The molecule has 0 aliphatic heterocycles. The van der Waals surface area contributed by atoms with Gasteiger partial charge in [-0.15, -0.1) is 0 Å². The zero-order chi connectivity index (χ0) is 18.2. The number of nitrogens with zero attached hydrogens (tertiary/aromatic N) is 1. The Morgan fingerprint density at radius 3 is 2.12 bits per heavy atom. The monoisotopic (exact) mass is 369 g/mol. The molecule has 3 aromatic rings. The number of pyridine rings is 1. The highest BCUT2D eigenvalue weighted by Crippen LogP contribution is 2.36. The molecule has 2 aromatic carbocycles. The van der Waals surface area contributed by atoms with E-state index in [-0.39, 0.29) is 0 Å². The summed E-state index contributed by atoms with van der Waals surface area (Å²) < 4.78 is 26.8. The van der Waals surface area contributed by atoms with Gasteiger partial charge in [-0.1, -0.05) is 61.6 Å². The minimum absolute atomic E-state index is 0.375. The second kappa shape index (κ2) is 6.39. The molecule has 0 bridgehead atoms. The van der Waals surface area contributed by atoms with Crippen molar-refractivity contribution in [3.05, 3.63) is 72.1 Å². The molecular weight excluding hydrogens is 346 g/mol. The lowest BCUT2D eigenvalue weighted by Gasteiger charge is -2.28. The number of aromatic nitrogens is 1. The normalized spacial score (nSPS) is 13.8. The topological polar surface area (TPSA) is 47.0 Å². The van der Waals surface area contributed by atoms with Crippen molar-refractivity contribution in [3.63, 3.8) is 0 Å². The van der Waals surface area contributed by atoms with E-state index in [1.807, 2.05) is 49.4 Å². The molecule has 0 aliphatic rings. The number of hydrogen-bond donors (Lipinski definition) is 0. The van der Waals surface area contributed by atoms with Crippen LogP contribution in [0, 0.1) is 6.92 Å². The van der Waals surface area contributed by atoms with Crippen LogP contribution < -0.4 is 0 Å². The van der Waals surface area contributed by atoms with Gasteiger partial charge in [-0.2, -0.15) is 0 Å². The smallest absolute Gasteiger partial charge is 0.184 e. The average Bonchev–Trinajstić information content (AvgIpc) is 2.53. The van der Waals surface area contributed by atoms with E-state index in [0.717, 1.165) is 16.3 Å². The molecule has 1 aromatic heterocycles. The summed E-state index contributed by atoms with van der Waals surface area (Å²) in [6.07, 6.45) is 1.78. The van der Waals surface area contributed by atoms with Crippen molar-refractivity contribution >= 4 is 28.7 Å². The zero-order valence-electron chi connectivity index (χ0n) is 15.0. The summed E-state index contributed by atoms with van der Waals surface area (Å²) in [7, 11) is -5.60. The van der Waals surface area contributed by atoms with Crippen LogP contribution in [0.2, 0.25) is 19.6 Å². The Kier molecular flexibility index (Phi) is 4.56. The summed E-state index contributed by atoms with van der Waals surface area (Å²) in [5.41, 5.74) is 1.70. The van der Waals surface area contributed by atoms with Crippen LogP contribution in [0.1, 0.15) is 16.1 Å². The molecule has 1 heterocycles. The molecule has 1 atom stereocenters. The van der Waals surface area contributed by atoms with E-state index in [1.165, 1.54) is 0 Å². The second-order valence-corrected chi connectivity index (χ2v) is 15.3. The van der Waals surface area contributed by atoms with Crippen molar-refractivity contribution in [1.29, 1.82) is 0 Å². The molecule has 0 fully saturated rings. The molecule has 0 saturated carbocycles. The quantitative estimate of drug-likeness (QED) is 0.612. The molecule has 0 spiro atoms. The minimum atomic E-state index is -3.50. The Morgan fingerprint density at radius 2 is 1.52 bits per heavy atom. The number of benzene rings is 2.